The van der Waals surface area contributed by atoms with Crippen molar-refractivity contribution in [2.45, 2.75) is 111 Å². The van der Waals surface area contributed by atoms with Gasteiger partial charge in [0.15, 0.2) is 11.8 Å². The van der Waals surface area contributed by atoms with Crippen molar-refractivity contribution < 1.29 is 23.4 Å². The number of ether oxygens (including phenoxy) is 3. The van der Waals surface area contributed by atoms with Gasteiger partial charge in [-0.2, -0.15) is 9.61 Å². The third-order valence-electron chi connectivity index (χ3n) is 8.45. The number of aromatic nitrogens is 3. The Morgan fingerprint density at radius 3 is 2.53 bits per heavy atom. The first-order chi connectivity index (χ1) is 22.2. The Morgan fingerprint density at radius 1 is 1.17 bits per heavy atom. The molecule has 0 saturated carbocycles. The number of unbranched alkanes of at least 4 members (excludes halogenated alkanes) is 1. The number of esters is 1. The summed E-state index contributed by atoms with van der Waals surface area (Å²) in [6.07, 6.45) is 8.71. The minimum Gasteiger partial charge on any atom is -0.464 e. The average molecular weight is 716 g/mol. The number of halogens is 2. The van der Waals surface area contributed by atoms with Crippen LogP contribution in [0.5, 0.6) is 0 Å². The minimum absolute atomic E-state index is 0.217. The lowest BCUT2D eigenvalue weighted by molar-refractivity contribution is -0.166. The van der Waals surface area contributed by atoms with Crippen molar-refractivity contribution in [1.29, 1.82) is 0 Å². The Balaban J connectivity index is 1.69. The van der Waals surface area contributed by atoms with Crippen molar-refractivity contribution in [3.05, 3.63) is 63.1 Å². The van der Waals surface area contributed by atoms with E-state index in [1.165, 1.54) is 25.0 Å². The summed E-state index contributed by atoms with van der Waals surface area (Å²) < 4.78 is 34.6. The summed E-state index contributed by atoms with van der Waals surface area (Å²) >= 11 is 3.45. The maximum atomic E-state index is 13.6. The molecule has 10 heteroatoms. The first-order valence-electron chi connectivity index (χ1n) is 16.9. The Bertz CT molecular complexity index is 1540. The van der Waals surface area contributed by atoms with Crippen molar-refractivity contribution in [3.8, 4) is 0 Å². The molecule has 47 heavy (non-hydrogen) atoms. The fourth-order valence-electron chi connectivity index (χ4n) is 5.92. The van der Waals surface area contributed by atoms with E-state index in [0.717, 1.165) is 60.5 Å². The van der Waals surface area contributed by atoms with Crippen LogP contribution in [-0.2, 0) is 25.4 Å². The molecular weight excluding hydrogens is 663 g/mol. The van der Waals surface area contributed by atoms with Crippen LogP contribution in [0.15, 0.2) is 34.8 Å². The van der Waals surface area contributed by atoms with Gasteiger partial charge in [0.2, 0.25) is 0 Å². The van der Waals surface area contributed by atoms with Gasteiger partial charge >= 0.3 is 5.97 Å². The lowest BCUT2D eigenvalue weighted by Gasteiger charge is -2.41. The highest BCUT2D eigenvalue weighted by Crippen LogP contribution is 2.38. The molecular formula is C37H52BrFN4O4. The van der Waals surface area contributed by atoms with Gasteiger partial charge < -0.3 is 19.1 Å². The topological polar surface area (TPSA) is 78.2 Å². The van der Waals surface area contributed by atoms with Crippen molar-refractivity contribution in [1.82, 2.24) is 14.6 Å². The fourth-order valence-corrected chi connectivity index (χ4v) is 6.44. The monoisotopic (exact) mass is 714 g/mol. The van der Waals surface area contributed by atoms with Gasteiger partial charge in [-0.15, -0.1) is 0 Å². The molecule has 0 aliphatic carbocycles. The molecule has 0 N–H and O–H groups in total. The molecule has 8 nitrogen and oxygen atoms in total. The zero-order valence-electron chi connectivity index (χ0n) is 29.4. The molecule has 258 valence electrons. The van der Waals surface area contributed by atoms with Crippen molar-refractivity contribution in [3.63, 3.8) is 0 Å². The van der Waals surface area contributed by atoms with E-state index in [9.17, 15) is 9.18 Å². The normalized spacial score (nSPS) is 16.0. The number of allylic oxidation sites excluding steroid dienone is 1. The van der Waals surface area contributed by atoms with E-state index in [-0.39, 0.29) is 18.0 Å². The molecule has 3 aromatic rings. The predicted molar refractivity (Wildman–Crippen MR) is 189 cm³/mol. The van der Waals surface area contributed by atoms with Crippen molar-refractivity contribution >= 4 is 39.4 Å². The van der Waals surface area contributed by atoms with Gasteiger partial charge in [-0.05, 0) is 96.9 Å². The third kappa shape index (κ3) is 10.1. The molecule has 0 radical (unpaired) electrons. The number of carbonyl (C=O) groups excluding carboxylic acids is 1. The zero-order valence-corrected chi connectivity index (χ0v) is 31.0. The Labute approximate surface area is 288 Å². The number of anilines is 1. The van der Waals surface area contributed by atoms with Crippen molar-refractivity contribution in [2.24, 2.45) is 5.92 Å². The van der Waals surface area contributed by atoms with Crippen molar-refractivity contribution in [2.75, 3.05) is 31.2 Å². The molecule has 1 aliphatic heterocycles. The minimum atomic E-state index is -0.980. The first kappa shape index (κ1) is 37.0. The maximum absolute atomic E-state index is 13.6. The number of nitrogens with zero attached hydrogens (tertiary/aromatic N) is 4. The van der Waals surface area contributed by atoms with Gasteiger partial charge in [0.1, 0.15) is 11.6 Å². The lowest BCUT2D eigenvalue weighted by atomic mass is 9.92. The second-order valence-corrected chi connectivity index (χ2v) is 15.0. The van der Waals surface area contributed by atoms with Crippen LogP contribution >= 0.6 is 15.9 Å². The van der Waals surface area contributed by atoms with E-state index in [1.54, 1.807) is 13.0 Å². The van der Waals surface area contributed by atoms with E-state index in [2.05, 4.69) is 41.6 Å². The van der Waals surface area contributed by atoms with Gasteiger partial charge in [-0.1, -0.05) is 54.8 Å². The number of carbonyl (C=O) groups is 1. The summed E-state index contributed by atoms with van der Waals surface area (Å²) in [5.74, 6) is 0.767. The average Bonchev–Trinajstić information content (AvgIpc) is 3.38. The summed E-state index contributed by atoms with van der Waals surface area (Å²) in [6.45, 7) is 18.7. The van der Waals surface area contributed by atoms with Gasteiger partial charge in [0.25, 0.3) is 0 Å². The van der Waals surface area contributed by atoms with E-state index < -0.39 is 17.7 Å². The summed E-state index contributed by atoms with van der Waals surface area (Å²) in [5, 5.41) is 4.98. The Morgan fingerprint density at radius 2 is 1.89 bits per heavy atom. The molecule has 0 bridgehead atoms. The van der Waals surface area contributed by atoms with Crippen LogP contribution in [0.25, 0.3) is 11.7 Å². The van der Waals surface area contributed by atoms with Gasteiger partial charge in [-0.3, -0.25) is 0 Å². The van der Waals surface area contributed by atoms with Crippen LogP contribution in [0.3, 0.4) is 0 Å². The van der Waals surface area contributed by atoms with Crippen LogP contribution in [0.1, 0.15) is 109 Å². The number of hydrogen-bond donors (Lipinski definition) is 0. The van der Waals surface area contributed by atoms with Gasteiger partial charge in [0, 0.05) is 35.9 Å². The fraction of sp³-hybridized carbons (Fsp3) is 0.595. The molecule has 2 aromatic heterocycles. The zero-order chi connectivity index (χ0) is 34.4. The maximum Gasteiger partial charge on any atom is 0.340 e. The third-order valence-corrected chi connectivity index (χ3v) is 9.18. The summed E-state index contributed by atoms with van der Waals surface area (Å²) in [4.78, 5) is 20.7. The summed E-state index contributed by atoms with van der Waals surface area (Å²) in [6, 6.07) is 6.64. The number of hydrogen-bond acceptors (Lipinski definition) is 7. The molecule has 1 fully saturated rings. The predicted octanol–water partition coefficient (Wildman–Crippen LogP) is 8.82. The number of benzene rings is 1. The quantitative estimate of drug-likeness (QED) is 0.122. The summed E-state index contributed by atoms with van der Waals surface area (Å²) in [7, 11) is 0. The molecule has 0 amide bonds. The van der Waals surface area contributed by atoms with Gasteiger partial charge in [-0.25, -0.2) is 14.2 Å². The van der Waals surface area contributed by atoms with Gasteiger partial charge in [0.05, 0.1) is 29.1 Å². The van der Waals surface area contributed by atoms with Crippen LogP contribution in [0.2, 0.25) is 0 Å². The molecule has 1 aliphatic rings. The molecule has 1 saturated heterocycles. The second kappa shape index (κ2) is 16.1. The summed E-state index contributed by atoms with van der Waals surface area (Å²) in [5.41, 5.74) is 2.89. The second-order valence-electron chi connectivity index (χ2n) is 14.2. The highest BCUT2D eigenvalue weighted by molar-refractivity contribution is 9.10. The largest absolute Gasteiger partial charge is 0.464 e. The molecule has 4 rings (SSSR count). The van der Waals surface area contributed by atoms with Crippen LogP contribution < -0.4 is 4.90 Å². The highest BCUT2D eigenvalue weighted by Gasteiger charge is 2.38. The smallest absolute Gasteiger partial charge is 0.340 e. The number of aryl methyl sites for hydroxylation is 1. The van der Waals surface area contributed by atoms with E-state index in [0.29, 0.717) is 29.2 Å². The SMILES string of the molecule is CCOC(=O)[C@@H](OC(C)(C)C)c1c(C)nc2cc(C=CCc3ccc(F)cc3Br)nn2c1N1CCC(C)(OCCCCC(C)C)CC1. The Hall–Kier alpha value is -2.82. The molecule has 1 atom stereocenters. The molecule has 0 spiro atoms. The Kier molecular flexibility index (Phi) is 12.6. The van der Waals surface area contributed by atoms with Crippen LogP contribution in [0, 0.1) is 18.7 Å². The van der Waals surface area contributed by atoms with E-state index in [4.69, 9.17) is 24.3 Å². The first-order valence-corrected chi connectivity index (χ1v) is 17.7. The molecule has 1 aromatic carbocycles. The standard InChI is InChI=1S/C37H52BrFN4O4/c1-9-45-35(44)33(47-36(5,6)7)32-26(4)40-31-24-29(15-12-14-27-16-17-28(39)23-30(27)38)41-43(31)34(32)42-20-18-37(8,19-21-42)46-22-11-10-13-25(2)3/h12,15-17,23-25,33H,9-11,13-14,18-22H2,1-8H3/t33-/m0/s1. The number of piperidine rings is 1. The molecule has 0 unspecified atom stereocenters. The van der Waals surface area contributed by atoms with E-state index >= 15 is 0 Å². The lowest BCUT2D eigenvalue weighted by Crippen LogP contribution is -2.46. The van der Waals surface area contributed by atoms with Crippen LogP contribution in [-0.4, -0.2) is 58.1 Å². The number of fused-ring (bicyclic) bond motifs is 1. The number of rotatable bonds is 14. The van der Waals surface area contributed by atoms with E-state index in [1.807, 2.05) is 50.4 Å². The highest BCUT2D eigenvalue weighted by atomic mass is 79.9. The molecule has 3 heterocycles. The van der Waals surface area contributed by atoms with Crippen LogP contribution in [0.4, 0.5) is 10.2 Å².